The molecule has 0 fully saturated rings. The monoisotopic (exact) mass is 445 g/mol. The average molecular weight is 445 g/mol. The van der Waals surface area contributed by atoms with Crippen LogP contribution >= 0.6 is 11.3 Å². The summed E-state index contributed by atoms with van der Waals surface area (Å²) < 4.78 is 53.7. The highest BCUT2D eigenvalue weighted by Gasteiger charge is 2.38. The zero-order valence-electron chi connectivity index (χ0n) is 14.1. The summed E-state index contributed by atoms with van der Waals surface area (Å²) in [7, 11) is -6.15. The number of thiophene rings is 1. The fraction of sp³-hybridized carbons (Fsp3) is 0.500. The van der Waals surface area contributed by atoms with Gasteiger partial charge in [0.15, 0.2) is 0 Å². The van der Waals surface area contributed by atoms with Crippen molar-refractivity contribution >= 4 is 43.3 Å². The maximum absolute atomic E-state index is 12.5. The molecule has 0 aromatic carbocycles. The van der Waals surface area contributed by atoms with Crippen molar-refractivity contribution in [3.8, 4) is 0 Å². The number of rotatable bonds is 5. The first kappa shape index (κ1) is 23.4. The third-order valence-corrected chi connectivity index (χ3v) is 8.26. The summed E-state index contributed by atoms with van der Waals surface area (Å²) in [5, 5.41) is 19.8. The average Bonchev–Trinajstić information content (AvgIpc) is 3.00. The number of carboxylic acid groups (broad SMARTS) is 2. The standard InChI is InChI=1S/C10H17N3O5S3.C2H2O4/c1-18-4-2-3-13-6-8(11)7-5-9(20(12,14)15)19-10(7)21(13,16)17;3-1(4)2(5)6/h5,8H,2-4,6,11H2,1H3,(H2,12,14,15);(H,3,4)(H,5,6)/t8-;/m0./s1. The van der Waals surface area contributed by atoms with E-state index in [2.05, 4.69) is 0 Å². The van der Waals surface area contributed by atoms with Crippen LogP contribution in [-0.2, 0) is 34.4 Å². The van der Waals surface area contributed by atoms with E-state index in [9.17, 15) is 16.8 Å². The number of primary sulfonamides is 1. The zero-order chi connectivity index (χ0) is 21.0. The molecule has 1 aliphatic heterocycles. The Bertz CT molecular complexity index is 896. The molecule has 0 unspecified atom stereocenters. The zero-order valence-corrected chi connectivity index (χ0v) is 16.5. The number of hydrogen-bond acceptors (Lipinski definition) is 9. The second kappa shape index (κ2) is 9.05. The highest BCUT2D eigenvalue weighted by atomic mass is 32.3. The fourth-order valence-electron chi connectivity index (χ4n) is 2.10. The van der Waals surface area contributed by atoms with Gasteiger partial charge in [0.2, 0.25) is 10.0 Å². The molecule has 15 heteroatoms. The lowest BCUT2D eigenvalue weighted by Gasteiger charge is -2.29. The molecular formula is C12H19N3O9S3. The first-order valence-electron chi connectivity index (χ1n) is 7.19. The summed E-state index contributed by atoms with van der Waals surface area (Å²) in [6.45, 7) is 0.812. The number of hydrogen-bond donors (Lipinski definition) is 4. The molecule has 0 bridgehead atoms. The number of sulfonamides is 2. The van der Waals surface area contributed by atoms with Crippen LogP contribution in [0.5, 0.6) is 0 Å². The first-order valence-corrected chi connectivity index (χ1v) is 11.0. The minimum absolute atomic E-state index is 0.0392. The Labute approximate surface area is 159 Å². The van der Waals surface area contributed by atoms with Crippen molar-refractivity contribution in [3.63, 3.8) is 0 Å². The first-order chi connectivity index (χ1) is 12.3. The Morgan fingerprint density at radius 1 is 1.37 bits per heavy atom. The molecule has 27 heavy (non-hydrogen) atoms. The topological polar surface area (TPSA) is 207 Å². The van der Waals surface area contributed by atoms with Crippen LogP contribution in [0.25, 0.3) is 0 Å². The maximum Gasteiger partial charge on any atom is 0.414 e. The maximum atomic E-state index is 12.5. The Hall–Kier alpha value is -1.62. The van der Waals surface area contributed by atoms with Crippen molar-refractivity contribution in [2.24, 2.45) is 10.9 Å². The lowest BCUT2D eigenvalue weighted by Crippen LogP contribution is -2.42. The molecule has 0 radical (unpaired) electrons. The van der Waals surface area contributed by atoms with Crippen molar-refractivity contribution in [2.45, 2.75) is 20.9 Å². The Morgan fingerprint density at radius 2 is 1.93 bits per heavy atom. The smallest absolute Gasteiger partial charge is 0.414 e. The number of methoxy groups -OCH3 is 1. The minimum atomic E-state index is -3.95. The molecule has 2 rings (SSSR count). The minimum Gasteiger partial charge on any atom is -0.473 e. The summed E-state index contributed by atoms with van der Waals surface area (Å²) in [5.41, 5.74) is 6.26. The number of carboxylic acids is 2. The second-order valence-corrected chi connectivity index (χ2v) is 10.3. The van der Waals surface area contributed by atoms with Crippen molar-refractivity contribution < 1.29 is 41.4 Å². The van der Waals surface area contributed by atoms with Gasteiger partial charge in [-0.2, -0.15) is 4.31 Å². The molecule has 1 aromatic rings. The second-order valence-electron chi connectivity index (χ2n) is 5.28. The molecule has 1 aliphatic rings. The molecule has 0 spiro atoms. The number of fused-ring (bicyclic) bond motifs is 1. The lowest BCUT2D eigenvalue weighted by atomic mass is 10.1. The van der Waals surface area contributed by atoms with E-state index < -0.39 is 38.0 Å². The molecule has 2 heterocycles. The van der Waals surface area contributed by atoms with Gasteiger partial charge in [-0.3, -0.25) is 0 Å². The fourth-order valence-corrected chi connectivity index (χ4v) is 6.43. The van der Waals surface area contributed by atoms with Gasteiger partial charge in [0.05, 0.1) is 0 Å². The van der Waals surface area contributed by atoms with Crippen LogP contribution in [0.3, 0.4) is 0 Å². The summed E-state index contributed by atoms with van der Waals surface area (Å²) >= 11 is 0.642. The number of nitrogens with zero attached hydrogens (tertiary/aromatic N) is 1. The van der Waals surface area contributed by atoms with Gasteiger partial charge in [-0.15, -0.1) is 11.3 Å². The van der Waals surface area contributed by atoms with Crippen LogP contribution in [0.1, 0.15) is 18.0 Å². The molecule has 12 nitrogen and oxygen atoms in total. The van der Waals surface area contributed by atoms with E-state index in [4.69, 9.17) is 35.4 Å². The number of ether oxygens (including phenoxy) is 1. The van der Waals surface area contributed by atoms with Gasteiger partial charge in [0.25, 0.3) is 10.0 Å². The van der Waals surface area contributed by atoms with Crippen LogP contribution in [-0.4, -0.2) is 70.1 Å². The molecule has 1 aromatic heterocycles. The van der Waals surface area contributed by atoms with Crippen molar-refractivity contribution in [1.82, 2.24) is 4.31 Å². The van der Waals surface area contributed by atoms with E-state index in [1.807, 2.05) is 0 Å². The SMILES string of the molecule is COCCCN1C[C@H](N)c2cc(S(N)(=O)=O)sc2S1(=O)=O.O=C(O)C(=O)O. The van der Waals surface area contributed by atoms with E-state index in [0.717, 1.165) is 0 Å². The normalized spacial score (nSPS) is 18.9. The van der Waals surface area contributed by atoms with Crippen molar-refractivity contribution in [1.29, 1.82) is 0 Å². The van der Waals surface area contributed by atoms with Gasteiger partial charge in [-0.1, -0.05) is 0 Å². The molecule has 1 atom stereocenters. The van der Waals surface area contributed by atoms with Crippen LogP contribution < -0.4 is 10.9 Å². The van der Waals surface area contributed by atoms with Crippen LogP contribution in [0.2, 0.25) is 0 Å². The molecule has 0 saturated heterocycles. The van der Waals surface area contributed by atoms with Crippen molar-refractivity contribution in [2.75, 3.05) is 26.8 Å². The summed E-state index contributed by atoms with van der Waals surface area (Å²) in [6, 6.07) is 0.683. The van der Waals surface area contributed by atoms with Crippen LogP contribution in [0, 0.1) is 0 Å². The highest BCUT2D eigenvalue weighted by molar-refractivity contribution is 7.94. The summed E-state index contributed by atoms with van der Waals surface area (Å²) in [4.78, 5) is 18.2. The number of aliphatic carboxylic acids is 2. The summed E-state index contributed by atoms with van der Waals surface area (Å²) in [6.07, 6.45) is 0.533. The predicted molar refractivity (Wildman–Crippen MR) is 93.1 cm³/mol. The summed E-state index contributed by atoms with van der Waals surface area (Å²) in [5.74, 6) is -3.65. The number of nitrogens with two attached hydrogens (primary N) is 2. The Kier molecular flexibility index (Phi) is 7.85. The van der Waals surface area contributed by atoms with E-state index >= 15 is 0 Å². The third-order valence-electron chi connectivity index (χ3n) is 3.30. The molecule has 0 aliphatic carbocycles. The lowest BCUT2D eigenvalue weighted by molar-refractivity contribution is -0.159. The molecule has 0 amide bonds. The third kappa shape index (κ3) is 5.93. The Balaban J connectivity index is 0.000000527. The van der Waals surface area contributed by atoms with Gasteiger partial charge < -0.3 is 20.7 Å². The largest absolute Gasteiger partial charge is 0.473 e. The predicted octanol–water partition coefficient (Wildman–Crippen LogP) is -1.41. The molecule has 154 valence electrons. The Morgan fingerprint density at radius 3 is 2.37 bits per heavy atom. The van der Waals surface area contributed by atoms with Crippen molar-refractivity contribution in [3.05, 3.63) is 11.6 Å². The van der Waals surface area contributed by atoms with Gasteiger partial charge in [-0.05, 0) is 12.5 Å². The molecular weight excluding hydrogens is 426 g/mol. The molecule has 6 N–H and O–H groups in total. The molecule has 0 saturated carbocycles. The van der Waals surface area contributed by atoms with Gasteiger partial charge in [0.1, 0.15) is 8.42 Å². The van der Waals surface area contributed by atoms with Crippen LogP contribution in [0.4, 0.5) is 0 Å². The van der Waals surface area contributed by atoms with E-state index in [-0.39, 0.29) is 21.5 Å². The highest BCUT2D eigenvalue weighted by Crippen LogP contribution is 2.38. The van der Waals surface area contributed by atoms with E-state index in [0.29, 0.717) is 29.9 Å². The quantitative estimate of drug-likeness (QED) is 0.307. The van der Waals surface area contributed by atoms with Gasteiger partial charge >= 0.3 is 11.9 Å². The van der Waals surface area contributed by atoms with Crippen LogP contribution in [0.15, 0.2) is 14.5 Å². The van der Waals surface area contributed by atoms with E-state index in [1.54, 1.807) is 0 Å². The number of carbonyl (C=O) groups is 2. The van der Waals surface area contributed by atoms with Gasteiger partial charge in [0, 0.05) is 38.4 Å². The van der Waals surface area contributed by atoms with Gasteiger partial charge in [-0.25, -0.2) is 31.6 Å². The van der Waals surface area contributed by atoms with E-state index in [1.165, 1.54) is 17.5 Å².